The molecule has 0 atom stereocenters. The van der Waals surface area contributed by atoms with Crippen molar-refractivity contribution >= 4 is 28.4 Å². The molecule has 0 spiro atoms. The number of ether oxygens (including phenoxy) is 1. The zero-order valence-corrected chi connectivity index (χ0v) is 17.4. The van der Waals surface area contributed by atoms with Crippen molar-refractivity contribution in [2.75, 3.05) is 25.5 Å². The Hall–Kier alpha value is -3.61. The second-order valence-corrected chi connectivity index (χ2v) is 7.70. The summed E-state index contributed by atoms with van der Waals surface area (Å²) in [5.41, 5.74) is 1.27. The molecule has 2 N–H and O–H groups in total. The highest BCUT2D eigenvalue weighted by Gasteiger charge is 2.18. The van der Waals surface area contributed by atoms with Gasteiger partial charge in [-0.15, -0.1) is 0 Å². The lowest BCUT2D eigenvalue weighted by Gasteiger charge is -2.20. The van der Waals surface area contributed by atoms with Gasteiger partial charge in [0.1, 0.15) is 11.3 Å². The van der Waals surface area contributed by atoms with Crippen molar-refractivity contribution < 1.29 is 14.3 Å². The number of likely N-dealkylation sites (tertiary alicyclic amines) is 1. The van der Waals surface area contributed by atoms with Crippen LogP contribution in [-0.4, -0.2) is 41.9 Å². The van der Waals surface area contributed by atoms with Gasteiger partial charge in [-0.05, 0) is 61.4 Å². The summed E-state index contributed by atoms with van der Waals surface area (Å²) in [6.45, 7) is 1.57. The van der Waals surface area contributed by atoms with Crippen molar-refractivity contribution in [1.29, 1.82) is 0 Å². The molecule has 0 bridgehead atoms. The van der Waals surface area contributed by atoms with E-state index in [0.717, 1.165) is 38.8 Å². The first-order chi connectivity index (χ1) is 15.0. The van der Waals surface area contributed by atoms with Gasteiger partial charge in [-0.1, -0.05) is 12.8 Å². The first-order valence-electron chi connectivity index (χ1n) is 10.5. The Morgan fingerprint density at radius 2 is 1.68 bits per heavy atom. The first kappa shape index (κ1) is 20.7. The van der Waals surface area contributed by atoms with Gasteiger partial charge < -0.3 is 19.9 Å². The van der Waals surface area contributed by atoms with Crippen LogP contribution in [0.25, 0.3) is 10.9 Å². The fraction of sp³-hybridized carbons (Fsp3) is 0.292. The van der Waals surface area contributed by atoms with E-state index < -0.39 is 11.5 Å². The number of amides is 2. The number of aromatic nitrogens is 1. The molecular formula is C24H25N3O4. The summed E-state index contributed by atoms with van der Waals surface area (Å²) in [6, 6.07) is 13.6. The average Bonchev–Trinajstić information content (AvgIpc) is 3.08. The summed E-state index contributed by atoms with van der Waals surface area (Å²) >= 11 is 0. The predicted octanol–water partition coefficient (Wildman–Crippen LogP) is 3.81. The summed E-state index contributed by atoms with van der Waals surface area (Å²) in [5, 5.41) is 3.43. The number of methoxy groups -OCH3 is 1. The van der Waals surface area contributed by atoms with Crippen LogP contribution in [-0.2, 0) is 0 Å². The normalized spacial score (nSPS) is 14.2. The van der Waals surface area contributed by atoms with Crippen molar-refractivity contribution in [2.24, 2.45) is 0 Å². The third-order valence-corrected chi connectivity index (χ3v) is 5.58. The second kappa shape index (κ2) is 9.04. The number of carbonyl (C=O) groups is 2. The van der Waals surface area contributed by atoms with Crippen LogP contribution >= 0.6 is 0 Å². The summed E-state index contributed by atoms with van der Waals surface area (Å²) in [5.74, 6) is 0.132. The molecule has 2 amide bonds. The highest BCUT2D eigenvalue weighted by molar-refractivity contribution is 6.06. The minimum Gasteiger partial charge on any atom is -0.497 e. The quantitative estimate of drug-likeness (QED) is 0.673. The van der Waals surface area contributed by atoms with Crippen LogP contribution < -0.4 is 15.6 Å². The number of rotatable bonds is 4. The first-order valence-corrected chi connectivity index (χ1v) is 10.5. The molecule has 2 heterocycles. The Kier molecular flexibility index (Phi) is 6.02. The van der Waals surface area contributed by atoms with Gasteiger partial charge in [0.2, 0.25) is 0 Å². The van der Waals surface area contributed by atoms with E-state index in [9.17, 15) is 14.4 Å². The lowest BCUT2D eigenvalue weighted by Crippen LogP contribution is -2.31. The maximum Gasteiger partial charge on any atom is 0.261 e. The van der Waals surface area contributed by atoms with E-state index in [0.29, 0.717) is 27.9 Å². The Morgan fingerprint density at radius 3 is 2.35 bits per heavy atom. The zero-order valence-electron chi connectivity index (χ0n) is 17.4. The number of anilines is 1. The molecule has 31 heavy (non-hydrogen) atoms. The van der Waals surface area contributed by atoms with E-state index in [4.69, 9.17) is 4.74 Å². The number of nitrogens with zero attached hydrogens (tertiary/aromatic N) is 1. The minimum atomic E-state index is -0.516. The number of carbonyl (C=O) groups excluding carboxylic acids is 2. The standard InChI is InChI=1S/C24H25N3O4/c1-31-19-10-11-21-17(14-19)15-20(23(29)26-21)22(28)25-18-8-6-16(7-9-18)24(30)27-12-4-2-3-5-13-27/h6-11,14-15H,2-5,12-13H2,1H3,(H,25,28)(H,26,29). The number of nitrogens with one attached hydrogen (secondary N) is 2. The number of hydrogen-bond donors (Lipinski definition) is 2. The highest BCUT2D eigenvalue weighted by atomic mass is 16.5. The lowest BCUT2D eigenvalue weighted by molar-refractivity contribution is 0.0761. The molecule has 3 aromatic rings. The van der Waals surface area contributed by atoms with Crippen LogP contribution in [0.5, 0.6) is 5.75 Å². The Bertz CT molecular complexity index is 1160. The van der Waals surface area contributed by atoms with E-state index in [1.54, 1.807) is 55.6 Å². The Balaban J connectivity index is 1.50. The molecule has 1 aliphatic heterocycles. The molecule has 1 aromatic heterocycles. The van der Waals surface area contributed by atoms with Crippen LogP contribution in [0.2, 0.25) is 0 Å². The molecular weight excluding hydrogens is 394 g/mol. The molecule has 0 unspecified atom stereocenters. The van der Waals surface area contributed by atoms with Crippen molar-refractivity contribution in [1.82, 2.24) is 9.88 Å². The third-order valence-electron chi connectivity index (χ3n) is 5.58. The molecule has 1 saturated heterocycles. The van der Waals surface area contributed by atoms with Gasteiger partial charge in [0.25, 0.3) is 17.4 Å². The summed E-state index contributed by atoms with van der Waals surface area (Å²) in [7, 11) is 1.56. The Morgan fingerprint density at radius 1 is 0.968 bits per heavy atom. The summed E-state index contributed by atoms with van der Waals surface area (Å²) in [6.07, 6.45) is 4.39. The largest absolute Gasteiger partial charge is 0.497 e. The number of pyridine rings is 1. The van der Waals surface area contributed by atoms with Crippen molar-refractivity contribution in [3.8, 4) is 5.75 Å². The maximum absolute atomic E-state index is 12.7. The van der Waals surface area contributed by atoms with E-state index in [-0.39, 0.29) is 11.5 Å². The van der Waals surface area contributed by atoms with Crippen molar-refractivity contribution in [3.05, 3.63) is 70.0 Å². The number of benzene rings is 2. The highest BCUT2D eigenvalue weighted by Crippen LogP contribution is 2.20. The van der Waals surface area contributed by atoms with E-state index in [1.165, 1.54) is 0 Å². The average molecular weight is 419 g/mol. The van der Waals surface area contributed by atoms with Crippen molar-refractivity contribution in [2.45, 2.75) is 25.7 Å². The lowest BCUT2D eigenvalue weighted by atomic mass is 10.1. The number of fused-ring (bicyclic) bond motifs is 1. The van der Waals surface area contributed by atoms with E-state index in [1.807, 2.05) is 4.90 Å². The van der Waals surface area contributed by atoms with E-state index in [2.05, 4.69) is 10.3 Å². The molecule has 160 valence electrons. The molecule has 7 nitrogen and oxygen atoms in total. The number of aromatic amines is 1. The zero-order chi connectivity index (χ0) is 21.8. The molecule has 7 heteroatoms. The minimum absolute atomic E-state index is 0.00507. The molecule has 2 aromatic carbocycles. The fourth-order valence-corrected chi connectivity index (χ4v) is 3.83. The van der Waals surface area contributed by atoms with Gasteiger partial charge in [-0.3, -0.25) is 14.4 Å². The smallest absolute Gasteiger partial charge is 0.261 e. The Labute approximate surface area is 180 Å². The summed E-state index contributed by atoms with van der Waals surface area (Å²) < 4.78 is 5.21. The topological polar surface area (TPSA) is 91.5 Å². The monoisotopic (exact) mass is 419 g/mol. The maximum atomic E-state index is 12.7. The molecule has 1 fully saturated rings. The summed E-state index contributed by atoms with van der Waals surface area (Å²) in [4.78, 5) is 42.4. The van der Waals surface area contributed by atoms with Gasteiger partial charge in [0.15, 0.2) is 0 Å². The van der Waals surface area contributed by atoms with Crippen LogP contribution in [0, 0.1) is 0 Å². The number of hydrogen-bond acceptors (Lipinski definition) is 4. The molecule has 0 saturated carbocycles. The van der Waals surface area contributed by atoms with Gasteiger partial charge in [-0.2, -0.15) is 0 Å². The van der Waals surface area contributed by atoms with Crippen LogP contribution in [0.15, 0.2) is 53.3 Å². The fourth-order valence-electron chi connectivity index (χ4n) is 3.83. The van der Waals surface area contributed by atoms with Gasteiger partial charge in [-0.25, -0.2) is 0 Å². The van der Waals surface area contributed by atoms with Crippen LogP contribution in [0.4, 0.5) is 5.69 Å². The number of H-pyrrole nitrogens is 1. The third kappa shape index (κ3) is 4.60. The SMILES string of the molecule is COc1ccc2[nH]c(=O)c(C(=O)Nc3ccc(C(=O)N4CCCCCC4)cc3)cc2c1. The molecule has 0 aliphatic carbocycles. The van der Waals surface area contributed by atoms with Gasteiger partial charge in [0.05, 0.1) is 7.11 Å². The molecule has 4 rings (SSSR count). The molecule has 0 radical (unpaired) electrons. The van der Waals surface area contributed by atoms with E-state index >= 15 is 0 Å². The van der Waals surface area contributed by atoms with Gasteiger partial charge >= 0.3 is 0 Å². The second-order valence-electron chi connectivity index (χ2n) is 7.70. The van der Waals surface area contributed by atoms with Crippen molar-refractivity contribution in [3.63, 3.8) is 0 Å². The van der Waals surface area contributed by atoms with Crippen LogP contribution in [0.1, 0.15) is 46.4 Å². The van der Waals surface area contributed by atoms with Gasteiger partial charge in [0, 0.05) is 35.2 Å². The predicted molar refractivity (Wildman–Crippen MR) is 120 cm³/mol. The van der Waals surface area contributed by atoms with Crippen LogP contribution in [0.3, 0.4) is 0 Å². The molecule has 1 aliphatic rings.